The number of primary amides is 1. The van der Waals surface area contributed by atoms with Gasteiger partial charge in [0, 0.05) is 25.4 Å². The summed E-state index contributed by atoms with van der Waals surface area (Å²) in [6.45, 7) is -0.00738. The lowest BCUT2D eigenvalue weighted by Crippen LogP contribution is -2.28. The zero-order valence-corrected chi connectivity index (χ0v) is 8.70. The number of hydrogen-bond donors (Lipinski definition) is 2. The van der Waals surface area contributed by atoms with E-state index in [9.17, 15) is 13.2 Å². The molecule has 3 N–H and O–H groups in total. The Morgan fingerprint density at radius 1 is 1.53 bits per heavy atom. The Morgan fingerprint density at radius 3 is 2.80 bits per heavy atom. The third kappa shape index (κ3) is 3.64. The van der Waals surface area contributed by atoms with Crippen molar-refractivity contribution in [1.29, 1.82) is 0 Å². The van der Waals surface area contributed by atoms with Gasteiger partial charge in [0.15, 0.2) is 0 Å². The summed E-state index contributed by atoms with van der Waals surface area (Å²) in [6.07, 6.45) is 2.68. The molecule has 0 radical (unpaired) electrons. The van der Waals surface area contributed by atoms with E-state index in [1.54, 1.807) is 0 Å². The smallest absolute Gasteiger partial charge is 0.242 e. The Labute approximate surface area is 87.6 Å². The Hall–Kier alpha value is -1.47. The molecule has 15 heavy (non-hydrogen) atoms. The van der Waals surface area contributed by atoms with Gasteiger partial charge in [-0.05, 0) is 12.1 Å². The van der Waals surface area contributed by atoms with Crippen LogP contribution >= 0.6 is 0 Å². The van der Waals surface area contributed by atoms with Crippen LogP contribution in [-0.2, 0) is 14.8 Å². The average Bonchev–Trinajstić information content (AvgIpc) is 2.18. The van der Waals surface area contributed by atoms with E-state index in [0.717, 1.165) is 0 Å². The van der Waals surface area contributed by atoms with Crippen LogP contribution in [0.3, 0.4) is 0 Å². The molecule has 6 nitrogen and oxygen atoms in total. The molecule has 0 unspecified atom stereocenters. The van der Waals surface area contributed by atoms with Gasteiger partial charge in [-0.25, -0.2) is 13.1 Å². The topological polar surface area (TPSA) is 102 Å². The lowest BCUT2D eigenvalue weighted by molar-refractivity contribution is -0.117. The van der Waals surface area contributed by atoms with E-state index < -0.39 is 15.9 Å². The largest absolute Gasteiger partial charge is 0.370 e. The minimum absolute atomic E-state index is 0.00738. The van der Waals surface area contributed by atoms with E-state index in [0.29, 0.717) is 0 Å². The fourth-order valence-electron chi connectivity index (χ4n) is 0.898. The van der Waals surface area contributed by atoms with Crippen molar-refractivity contribution in [2.24, 2.45) is 5.73 Å². The molecule has 0 fully saturated rings. The molecule has 1 rings (SSSR count). The maximum atomic E-state index is 11.5. The van der Waals surface area contributed by atoms with Gasteiger partial charge >= 0.3 is 0 Å². The maximum absolute atomic E-state index is 11.5. The predicted molar refractivity (Wildman–Crippen MR) is 53.2 cm³/mol. The van der Waals surface area contributed by atoms with E-state index in [4.69, 9.17) is 5.73 Å². The van der Waals surface area contributed by atoms with Crippen LogP contribution in [0.25, 0.3) is 0 Å². The SMILES string of the molecule is NC(=O)CCNS(=O)(=O)c1cccnc1. The highest BCUT2D eigenvalue weighted by Gasteiger charge is 2.12. The number of sulfonamides is 1. The molecule has 1 aromatic heterocycles. The zero-order chi connectivity index (χ0) is 11.3. The quantitative estimate of drug-likeness (QED) is 0.692. The summed E-state index contributed by atoms with van der Waals surface area (Å²) in [6, 6.07) is 2.93. The molecule has 0 bridgehead atoms. The highest BCUT2D eigenvalue weighted by atomic mass is 32.2. The van der Waals surface area contributed by atoms with Crippen molar-refractivity contribution < 1.29 is 13.2 Å². The van der Waals surface area contributed by atoms with Crippen LogP contribution in [0, 0.1) is 0 Å². The van der Waals surface area contributed by atoms with Crippen LogP contribution in [0.15, 0.2) is 29.4 Å². The van der Waals surface area contributed by atoms with Crippen LogP contribution in [0.1, 0.15) is 6.42 Å². The second-order valence-electron chi connectivity index (χ2n) is 2.80. The summed E-state index contributed by atoms with van der Waals surface area (Å²) in [4.78, 5) is 14.1. The van der Waals surface area contributed by atoms with Crippen LogP contribution in [0.5, 0.6) is 0 Å². The number of aromatic nitrogens is 1. The number of amides is 1. The van der Waals surface area contributed by atoms with Crippen LogP contribution < -0.4 is 10.5 Å². The number of carbonyl (C=O) groups is 1. The summed E-state index contributed by atoms with van der Waals surface area (Å²) < 4.78 is 25.3. The van der Waals surface area contributed by atoms with Crippen molar-refractivity contribution in [2.45, 2.75) is 11.3 Å². The third-order valence-electron chi connectivity index (χ3n) is 1.61. The first-order valence-electron chi connectivity index (χ1n) is 4.20. The van der Waals surface area contributed by atoms with Gasteiger partial charge in [-0.15, -0.1) is 0 Å². The maximum Gasteiger partial charge on any atom is 0.242 e. The molecule has 0 saturated heterocycles. The van der Waals surface area contributed by atoms with E-state index >= 15 is 0 Å². The van der Waals surface area contributed by atoms with E-state index in [1.165, 1.54) is 24.5 Å². The summed E-state index contributed by atoms with van der Waals surface area (Å²) in [5.41, 5.74) is 4.87. The zero-order valence-electron chi connectivity index (χ0n) is 7.88. The fraction of sp³-hybridized carbons (Fsp3) is 0.250. The molecule has 82 valence electrons. The van der Waals surface area contributed by atoms with Gasteiger partial charge < -0.3 is 5.73 Å². The molecule has 0 aliphatic rings. The standard InChI is InChI=1S/C8H11N3O3S/c9-8(12)3-5-11-15(13,14)7-2-1-4-10-6-7/h1-2,4,6,11H,3,5H2,(H2,9,12). The van der Waals surface area contributed by atoms with Gasteiger partial charge in [0.25, 0.3) is 0 Å². The van der Waals surface area contributed by atoms with Crippen molar-refractivity contribution >= 4 is 15.9 Å². The van der Waals surface area contributed by atoms with Gasteiger partial charge in [0.05, 0.1) is 0 Å². The Balaban J connectivity index is 2.65. The molecular formula is C8H11N3O3S. The first-order valence-corrected chi connectivity index (χ1v) is 5.69. The molecule has 0 aromatic carbocycles. The van der Waals surface area contributed by atoms with Gasteiger partial charge in [-0.1, -0.05) is 0 Å². The second kappa shape index (κ2) is 4.85. The van der Waals surface area contributed by atoms with Gasteiger partial charge in [0.1, 0.15) is 4.90 Å². The third-order valence-corrected chi connectivity index (χ3v) is 3.05. The first-order chi connectivity index (χ1) is 7.02. The highest BCUT2D eigenvalue weighted by Crippen LogP contribution is 2.04. The lowest BCUT2D eigenvalue weighted by atomic mass is 10.4. The number of nitrogens with two attached hydrogens (primary N) is 1. The van der Waals surface area contributed by atoms with E-state index in [-0.39, 0.29) is 17.9 Å². The van der Waals surface area contributed by atoms with Gasteiger partial charge in [-0.2, -0.15) is 0 Å². The molecule has 1 aromatic rings. The molecule has 0 aliphatic carbocycles. The van der Waals surface area contributed by atoms with Gasteiger partial charge in [-0.3, -0.25) is 9.78 Å². The Bertz CT molecular complexity index is 430. The van der Waals surface area contributed by atoms with Crippen molar-refractivity contribution in [2.75, 3.05) is 6.54 Å². The van der Waals surface area contributed by atoms with Crippen LogP contribution in [0.2, 0.25) is 0 Å². The number of hydrogen-bond acceptors (Lipinski definition) is 4. The lowest BCUT2D eigenvalue weighted by Gasteiger charge is -2.04. The fourth-order valence-corrected chi connectivity index (χ4v) is 1.89. The number of nitrogens with zero attached hydrogens (tertiary/aromatic N) is 1. The summed E-state index contributed by atoms with van der Waals surface area (Å²) >= 11 is 0. The molecule has 1 heterocycles. The van der Waals surface area contributed by atoms with Crippen molar-refractivity contribution in [3.05, 3.63) is 24.5 Å². The highest BCUT2D eigenvalue weighted by molar-refractivity contribution is 7.89. The summed E-state index contributed by atoms with van der Waals surface area (Å²) in [5.74, 6) is -0.552. The molecule has 0 spiro atoms. The summed E-state index contributed by atoms with van der Waals surface area (Å²) in [7, 11) is -3.58. The van der Waals surface area contributed by atoms with Gasteiger partial charge in [0.2, 0.25) is 15.9 Å². The number of nitrogens with one attached hydrogen (secondary N) is 1. The normalized spacial score (nSPS) is 11.2. The van der Waals surface area contributed by atoms with Crippen molar-refractivity contribution in [3.8, 4) is 0 Å². The predicted octanol–water partition coefficient (Wildman–Crippen LogP) is -0.765. The molecule has 0 saturated carbocycles. The molecule has 0 atom stereocenters. The second-order valence-corrected chi connectivity index (χ2v) is 4.57. The molecular weight excluding hydrogens is 218 g/mol. The number of carbonyl (C=O) groups excluding carboxylic acids is 1. The Kier molecular flexibility index (Phi) is 3.75. The van der Waals surface area contributed by atoms with Crippen LogP contribution in [0.4, 0.5) is 0 Å². The molecule has 0 aliphatic heterocycles. The van der Waals surface area contributed by atoms with Crippen LogP contribution in [-0.4, -0.2) is 25.9 Å². The minimum atomic E-state index is -3.58. The summed E-state index contributed by atoms with van der Waals surface area (Å²) in [5, 5.41) is 0. The number of rotatable bonds is 5. The number of pyridine rings is 1. The monoisotopic (exact) mass is 229 g/mol. The Morgan fingerprint density at radius 2 is 2.27 bits per heavy atom. The first kappa shape index (κ1) is 11.6. The average molecular weight is 229 g/mol. The molecule has 7 heteroatoms. The van der Waals surface area contributed by atoms with Crippen molar-refractivity contribution in [1.82, 2.24) is 9.71 Å². The minimum Gasteiger partial charge on any atom is -0.370 e. The van der Waals surface area contributed by atoms with Crippen molar-refractivity contribution in [3.63, 3.8) is 0 Å². The van der Waals surface area contributed by atoms with E-state index in [1.807, 2.05) is 0 Å². The molecule has 1 amide bonds. The van der Waals surface area contributed by atoms with E-state index in [2.05, 4.69) is 9.71 Å².